The number of anilines is 2. The van der Waals surface area contributed by atoms with Crippen LogP contribution in [-0.4, -0.2) is 62.1 Å². The van der Waals surface area contributed by atoms with Crippen molar-refractivity contribution in [3.63, 3.8) is 0 Å². The highest BCUT2D eigenvalue weighted by Crippen LogP contribution is 2.28. The van der Waals surface area contributed by atoms with Gasteiger partial charge in [-0.3, -0.25) is 4.72 Å². The van der Waals surface area contributed by atoms with E-state index in [1.54, 1.807) is 49.4 Å². The van der Waals surface area contributed by atoms with E-state index in [4.69, 9.17) is 4.74 Å². The minimum absolute atomic E-state index is 0.112. The summed E-state index contributed by atoms with van der Waals surface area (Å²) in [7, 11) is -3.46. The Morgan fingerprint density at radius 2 is 1.94 bits per heavy atom. The molecule has 0 aliphatic rings. The summed E-state index contributed by atoms with van der Waals surface area (Å²) in [6.07, 6.45) is 1.08. The van der Waals surface area contributed by atoms with Crippen LogP contribution < -0.4 is 14.4 Å². The van der Waals surface area contributed by atoms with Crippen LogP contribution in [0.15, 0.2) is 42.5 Å². The number of nitrogens with zero attached hydrogens (tertiary/aromatic N) is 1. The van der Waals surface area contributed by atoms with Crippen LogP contribution in [0.3, 0.4) is 0 Å². The fourth-order valence-electron chi connectivity index (χ4n) is 3.46. The van der Waals surface area contributed by atoms with E-state index in [0.29, 0.717) is 46.8 Å². The minimum Gasteiger partial charge on any atom is -0.492 e. The van der Waals surface area contributed by atoms with Gasteiger partial charge in [-0.15, -0.1) is 0 Å². The van der Waals surface area contributed by atoms with Crippen LogP contribution in [0.5, 0.6) is 5.75 Å². The first-order chi connectivity index (χ1) is 14.7. The number of carboxylic acids is 1. The Bertz CT molecular complexity index is 1190. The van der Waals surface area contributed by atoms with E-state index in [9.17, 15) is 23.4 Å². The summed E-state index contributed by atoms with van der Waals surface area (Å²) in [5.41, 5.74) is 2.53. The maximum atomic E-state index is 11.7. The highest BCUT2D eigenvalue weighted by atomic mass is 32.2. The molecule has 0 fully saturated rings. The van der Waals surface area contributed by atoms with Crippen molar-refractivity contribution in [1.29, 1.82) is 0 Å². The third kappa shape index (κ3) is 5.47. The van der Waals surface area contributed by atoms with Gasteiger partial charge in [0.15, 0.2) is 0 Å². The molecule has 0 radical (unpaired) electrons. The first kappa shape index (κ1) is 22.4. The monoisotopic (exact) mass is 447 g/mol. The smallest absolute Gasteiger partial charge is 0.338 e. The van der Waals surface area contributed by atoms with E-state index >= 15 is 0 Å². The maximum absolute atomic E-state index is 11.7. The number of rotatable bonds is 10. The number of nitrogens with one attached hydrogen (secondary N) is 2. The molecule has 2 aromatic carbocycles. The summed E-state index contributed by atoms with van der Waals surface area (Å²) in [5, 5.41) is 19.4. The molecule has 31 heavy (non-hydrogen) atoms. The second-order valence-electron chi connectivity index (χ2n) is 7.09. The number of H-pyrrole nitrogens is 1. The molecular weight excluding hydrogens is 422 g/mol. The van der Waals surface area contributed by atoms with Crippen LogP contribution in [0.25, 0.3) is 10.9 Å². The van der Waals surface area contributed by atoms with E-state index in [0.717, 1.165) is 6.26 Å². The predicted molar refractivity (Wildman–Crippen MR) is 120 cm³/mol. The number of aromatic nitrogens is 1. The molecule has 0 unspecified atom stereocenters. The summed E-state index contributed by atoms with van der Waals surface area (Å²) < 4.78 is 31.7. The molecule has 0 bridgehead atoms. The van der Waals surface area contributed by atoms with E-state index in [-0.39, 0.29) is 18.8 Å². The summed E-state index contributed by atoms with van der Waals surface area (Å²) in [6, 6.07) is 12.1. The SMILES string of the molecule is Cc1[nH]c2cc(OCCN(CCO)c3ccccc3NS(C)(=O)=O)ccc2c1C(=O)O. The van der Waals surface area contributed by atoms with Crippen LogP contribution in [-0.2, 0) is 10.0 Å². The van der Waals surface area contributed by atoms with Crippen molar-refractivity contribution < 1.29 is 28.2 Å². The molecule has 0 spiro atoms. The standard InChI is InChI=1S/C21H25N3O6S/c1-14-20(21(26)27)16-8-7-15(13-18(16)22-14)30-12-10-24(9-11-25)19-6-4-3-5-17(19)23-31(2,28)29/h3-8,13,22-23,25H,9-12H2,1-2H3,(H,26,27). The lowest BCUT2D eigenvalue weighted by Crippen LogP contribution is -2.32. The molecule has 0 saturated carbocycles. The number of para-hydroxylation sites is 2. The van der Waals surface area contributed by atoms with Crippen LogP contribution in [0.4, 0.5) is 11.4 Å². The third-order valence-corrected chi connectivity index (χ3v) is 5.30. The molecule has 0 saturated heterocycles. The second-order valence-corrected chi connectivity index (χ2v) is 8.84. The van der Waals surface area contributed by atoms with Crippen LogP contribution >= 0.6 is 0 Å². The van der Waals surface area contributed by atoms with Gasteiger partial charge < -0.3 is 24.8 Å². The van der Waals surface area contributed by atoms with Crippen molar-refractivity contribution in [1.82, 2.24) is 4.98 Å². The molecular formula is C21H25N3O6S. The van der Waals surface area contributed by atoms with Gasteiger partial charge >= 0.3 is 5.97 Å². The number of aryl methyl sites for hydroxylation is 1. The van der Waals surface area contributed by atoms with Gasteiger partial charge in [-0.2, -0.15) is 0 Å². The predicted octanol–water partition coefficient (Wildman–Crippen LogP) is 2.42. The third-order valence-electron chi connectivity index (χ3n) is 4.71. The molecule has 0 amide bonds. The van der Waals surface area contributed by atoms with Gasteiger partial charge in [0.25, 0.3) is 0 Å². The molecule has 1 aromatic heterocycles. The molecule has 10 heteroatoms. The number of carboxylic acid groups (broad SMARTS) is 1. The number of aromatic carboxylic acids is 1. The lowest BCUT2D eigenvalue weighted by molar-refractivity contribution is 0.0698. The molecule has 4 N–H and O–H groups in total. The average Bonchev–Trinajstić information content (AvgIpc) is 3.01. The Morgan fingerprint density at radius 1 is 1.19 bits per heavy atom. The summed E-state index contributed by atoms with van der Waals surface area (Å²) in [4.78, 5) is 16.3. The fourth-order valence-corrected chi connectivity index (χ4v) is 4.03. The zero-order valence-corrected chi connectivity index (χ0v) is 18.1. The number of sulfonamides is 1. The van der Waals surface area contributed by atoms with Crippen molar-refractivity contribution in [3.8, 4) is 5.75 Å². The number of hydrogen-bond acceptors (Lipinski definition) is 6. The zero-order chi connectivity index (χ0) is 22.6. The van der Waals surface area contributed by atoms with E-state index < -0.39 is 16.0 Å². The molecule has 3 rings (SSSR count). The van der Waals surface area contributed by atoms with Gasteiger partial charge in [-0.1, -0.05) is 12.1 Å². The summed E-state index contributed by atoms with van der Waals surface area (Å²) in [5.74, 6) is -0.421. The first-order valence-electron chi connectivity index (χ1n) is 9.60. The van der Waals surface area contributed by atoms with Gasteiger partial charge in [0.05, 0.1) is 41.9 Å². The lowest BCUT2D eigenvalue weighted by Gasteiger charge is -2.26. The van der Waals surface area contributed by atoms with Crippen molar-refractivity contribution in [2.24, 2.45) is 0 Å². The number of fused-ring (bicyclic) bond motifs is 1. The molecule has 1 heterocycles. The van der Waals surface area contributed by atoms with Crippen LogP contribution in [0, 0.1) is 6.92 Å². The molecule has 3 aromatic rings. The number of benzene rings is 2. The van der Waals surface area contributed by atoms with Crippen molar-refractivity contribution in [3.05, 3.63) is 53.7 Å². The molecule has 166 valence electrons. The Hall–Kier alpha value is -3.24. The minimum atomic E-state index is -3.46. The van der Waals surface area contributed by atoms with Crippen molar-refractivity contribution >= 4 is 38.3 Å². The Labute approximate surface area is 180 Å². The lowest BCUT2D eigenvalue weighted by atomic mass is 10.1. The normalized spacial score (nSPS) is 11.5. The summed E-state index contributed by atoms with van der Waals surface area (Å²) in [6.45, 7) is 2.55. The maximum Gasteiger partial charge on any atom is 0.338 e. The highest BCUT2D eigenvalue weighted by Gasteiger charge is 2.16. The number of hydrogen-bond donors (Lipinski definition) is 4. The molecule has 0 aliphatic heterocycles. The molecule has 0 atom stereocenters. The van der Waals surface area contributed by atoms with Crippen molar-refractivity contribution in [2.45, 2.75) is 6.92 Å². The number of ether oxygens (including phenoxy) is 1. The molecule has 0 aliphatic carbocycles. The quantitative estimate of drug-likeness (QED) is 0.375. The largest absolute Gasteiger partial charge is 0.492 e. The zero-order valence-electron chi connectivity index (χ0n) is 17.3. The number of aliphatic hydroxyl groups excluding tert-OH is 1. The average molecular weight is 448 g/mol. The Morgan fingerprint density at radius 3 is 2.61 bits per heavy atom. The fraction of sp³-hybridized carbons (Fsp3) is 0.286. The van der Waals surface area contributed by atoms with E-state index in [1.807, 2.05) is 4.90 Å². The van der Waals surface area contributed by atoms with Crippen LogP contribution in [0.2, 0.25) is 0 Å². The first-order valence-corrected chi connectivity index (χ1v) is 11.5. The van der Waals surface area contributed by atoms with Gasteiger partial charge in [0, 0.05) is 23.7 Å². The van der Waals surface area contributed by atoms with E-state index in [1.165, 1.54) is 0 Å². The number of aromatic amines is 1. The van der Waals surface area contributed by atoms with Gasteiger partial charge in [-0.25, -0.2) is 13.2 Å². The molecule has 9 nitrogen and oxygen atoms in total. The Balaban J connectivity index is 1.74. The Kier molecular flexibility index (Phi) is 6.71. The van der Waals surface area contributed by atoms with Gasteiger partial charge in [-0.05, 0) is 31.2 Å². The van der Waals surface area contributed by atoms with E-state index in [2.05, 4.69) is 9.71 Å². The number of aliphatic hydroxyl groups is 1. The second kappa shape index (κ2) is 9.27. The topological polar surface area (TPSA) is 132 Å². The van der Waals surface area contributed by atoms with Crippen LogP contribution in [0.1, 0.15) is 16.1 Å². The highest BCUT2D eigenvalue weighted by molar-refractivity contribution is 7.92. The number of carbonyl (C=O) groups is 1. The van der Waals surface area contributed by atoms with Crippen molar-refractivity contribution in [2.75, 3.05) is 42.2 Å². The van der Waals surface area contributed by atoms with Gasteiger partial charge in [0.2, 0.25) is 10.0 Å². The van der Waals surface area contributed by atoms with Gasteiger partial charge in [0.1, 0.15) is 12.4 Å². The summed E-state index contributed by atoms with van der Waals surface area (Å²) >= 11 is 0.